The molecule has 0 spiro atoms. The van der Waals surface area contributed by atoms with Crippen LogP contribution in [0, 0.1) is 6.92 Å². The lowest BCUT2D eigenvalue weighted by Crippen LogP contribution is -2.40. The van der Waals surface area contributed by atoms with Gasteiger partial charge < -0.3 is 14.0 Å². The number of aromatic nitrogens is 2. The SMILES string of the molecule is CCOC(=O)C1=C(C)N=c2s/c(=C\c3c(C)n(Cc4ccc(Cl)cc4Cl)c4ccccc34)c(=O)n2[C@@H]1c1ccccc1OC(C)C. The molecule has 0 unspecified atom stereocenters. The number of ether oxygens (including phenoxy) is 2. The standard InChI is InChI=1S/C36H33Cl2N3O4S/c1-6-44-35(43)32-21(4)39-36-41(33(32)26-12-8-10-14-30(26)45-20(2)3)34(42)31(46-36)18-27-22(5)40(29-13-9-7-11-25(27)29)19-23-15-16-24(37)17-28(23)38/h7-18,20,33H,6,19H2,1-5H3/b31-18-/t33-/m1/s1. The Hall–Kier alpha value is -4.11. The van der Waals surface area contributed by atoms with Gasteiger partial charge in [0.2, 0.25) is 0 Å². The molecule has 0 amide bonds. The number of esters is 1. The lowest BCUT2D eigenvalue weighted by Gasteiger charge is -2.26. The van der Waals surface area contributed by atoms with E-state index < -0.39 is 12.0 Å². The van der Waals surface area contributed by atoms with E-state index in [4.69, 9.17) is 37.7 Å². The fraction of sp³-hybridized carbons (Fsp3) is 0.250. The van der Waals surface area contributed by atoms with E-state index >= 15 is 0 Å². The van der Waals surface area contributed by atoms with Crippen LogP contribution in [0.2, 0.25) is 10.0 Å². The predicted molar refractivity (Wildman–Crippen MR) is 185 cm³/mol. The molecule has 46 heavy (non-hydrogen) atoms. The number of halogens is 2. The average Bonchev–Trinajstić information content (AvgIpc) is 3.46. The van der Waals surface area contributed by atoms with E-state index in [0.29, 0.717) is 48.5 Å². The number of thiazole rings is 1. The topological polar surface area (TPSA) is 74.8 Å². The van der Waals surface area contributed by atoms with Gasteiger partial charge in [-0.3, -0.25) is 9.36 Å². The van der Waals surface area contributed by atoms with Crippen LogP contribution in [0.1, 0.15) is 56.1 Å². The van der Waals surface area contributed by atoms with Crippen LogP contribution < -0.4 is 19.6 Å². The summed E-state index contributed by atoms with van der Waals surface area (Å²) >= 11 is 14.0. The molecule has 10 heteroatoms. The molecule has 3 aromatic carbocycles. The number of carbonyl (C=O) groups is 1. The van der Waals surface area contributed by atoms with Gasteiger partial charge in [0.15, 0.2) is 4.80 Å². The Kier molecular flexibility index (Phi) is 8.97. The van der Waals surface area contributed by atoms with Gasteiger partial charge in [-0.2, -0.15) is 0 Å². The van der Waals surface area contributed by atoms with Crippen LogP contribution in [0.3, 0.4) is 0 Å². The molecule has 0 radical (unpaired) electrons. The minimum absolute atomic E-state index is 0.115. The zero-order chi connectivity index (χ0) is 32.7. The quantitative estimate of drug-likeness (QED) is 0.163. The fourth-order valence-corrected chi connectivity index (χ4v) is 7.45. The number of hydrogen-bond acceptors (Lipinski definition) is 6. The number of benzene rings is 3. The molecule has 0 saturated heterocycles. The second kappa shape index (κ2) is 12.9. The van der Waals surface area contributed by atoms with Crippen molar-refractivity contribution in [3.63, 3.8) is 0 Å². The monoisotopic (exact) mass is 673 g/mol. The molecule has 5 aromatic rings. The Morgan fingerprint density at radius 3 is 2.54 bits per heavy atom. The molecule has 6 rings (SSSR count). The highest BCUT2D eigenvalue weighted by Crippen LogP contribution is 2.36. The molecule has 1 aliphatic heterocycles. The molecule has 3 heterocycles. The maximum atomic E-state index is 14.4. The first-order chi connectivity index (χ1) is 22.1. The summed E-state index contributed by atoms with van der Waals surface area (Å²) in [6, 6.07) is 20.3. The van der Waals surface area contributed by atoms with Gasteiger partial charge in [0.25, 0.3) is 5.56 Å². The summed E-state index contributed by atoms with van der Waals surface area (Å²) < 4.78 is 15.9. The van der Waals surface area contributed by atoms with Gasteiger partial charge in [-0.1, -0.05) is 77.0 Å². The highest BCUT2D eigenvalue weighted by molar-refractivity contribution is 7.07. The van der Waals surface area contributed by atoms with Crippen molar-refractivity contribution < 1.29 is 14.3 Å². The van der Waals surface area contributed by atoms with Gasteiger partial charge in [-0.05, 0) is 70.5 Å². The summed E-state index contributed by atoms with van der Waals surface area (Å²) in [7, 11) is 0. The van der Waals surface area contributed by atoms with Crippen molar-refractivity contribution in [2.24, 2.45) is 4.99 Å². The molecular formula is C36H33Cl2N3O4S. The maximum absolute atomic E-state index is 14.4. The summed E-state index contributed by atoms with van der Waals surface area (Å²) in [6.45, 7) is 10.2. The zero-order valence-electron chi connectivity index (χ0n) is 26.1. The third kappa shape index (κ3) is 5.81. The number of allylic oxidation sites excluding steroid dienone is 1. The molecule has 0 N–H and O–H groups in total. The van der Waals surface area contributed by atoms with E-state index in [-0.39, 0.29) is 18.3 Å². The Morgan fingerprint density at radius 2 is 1.80 bits per heavy atom. The maximum Gasteiger partial charge on any atom is 0.338 e. The number of fused-ring (bicyclic) bond motifs is 2. The molecule has 0 fully saturated rings. The van der Waals surface area contributed by atoms with Crippen LogP contribution in [0.4, 0.5) is 0 Å². The van der Waals surface area contributed by atoms with Crippen molar-refractivity contribution in [2.45, 2.75) is 53.3 Å². The molecule has 1 aliphatic rings. The van der Waals surface area contributed by atoms with Gasteiger partial charge in [-0.15, -0.1) is 0 Å². The first-order valence-corrected chi connectivity index (χ1v) is 16.6. The summed E-state index contributed by atoms with van der Waals surface area (Å²) in [5.41, 5.74) is 5.11. The third-order valence-corrected chi connectivity index (χ3v) is 9.56. The van der Waals surface area contributed by atoms with Crippen LogP contribution >= 0.6 is 34.5 Å². The zero-order valence-corrected chi connectivity index (χ0v) is 28.5. The number of hydrogen-bond donors (Lipinski definition) is 0. The smallest absolute Gasteiger partial charge is 0.338 e. The molecule has 1 atom stereocenters. The van der Waals surface area contributed by atoms with Gasteiger partial charge in [0.05, 0.1) is 28.5 Å². The van der Waals surface area contributed by atoms with Crippen LogP contribution in [-0.4, -0.2) is 27.8 Å². The Morgan fingerprint density at radius 1 is 1.07 bits per heavy atom. The van der Waals surface area contributed by atoms with E-state index in [9.17, 15) is 9.59 Å². The highest BCUT2D eigenvalue weighted by atomic mass is 35.5. The lowest BCUT2D eigenvalue weighted by atomic mass is 9.95. The number of carbonyl (C=O) groups excluding carboxylic acids is 1. The fourth-order valence-electron chi connectivity index (χ4n) is 5.95. The second-order valence-electron chi connectivity index (χ2n) is 11.3. The summed E-state index contributed by atoms with van der Waals surface area (Å²) in [6.07, 6.45) is 1.81. The van der Waals surface area contributed by atoms with E-state index in [2.05, 4.69) is 16.7 Å². The number of nitrogens with zero attached hydrogens (tertiary/aromatic N) is 3. The number of rotatable bonds is 8. The minimum Gasteiger partial charge on any atom is -0.491 e. The molecule has 0 aliphatic carbocycles. The molecule has 2 aromatic heterocycles. The van der Waals surface area contributed by atoms with E-state index in [1.165, 1.54) is 11.3 Å². The van der Waals surface area contributed by atoms with E-state index in [1.54, 1.807) is 24.5 Å². The van der Waals surface area contributed by atoms with Gasteiger partial charge in [0.1, 0.15) is 11.8 Å². The number of para-hydroxylation sites is 2. The first kappa shape index (κ1) is 31.9. The lowest BCUT2D eigenvalue weighted by molar-refractivity contribution is -0.139. The van der Waals surface area contributed by atoms with Crippen molar-refractivity contribution in [3.05, 3.63) is 130 Å². The molecule has 0 saturated carbocycles. The van der Waals surface area contributed by atoms with Crippen LogP contribution in [0.25, 0.3) is 17.0 Å². The Balaban J connectivity index is 1.56. The van der Waals surface area contributed by atoms with Crippen molar-refractivity contribution in [3.8, 4) is 5.75 Å². The van der Waals surface area contributed by atoms with E-state index in [0.717, 1.165) is 27.7 Å². The predicted octanol–water partition coefficient (Wildman–Crippen LogP) is 7.20. The average molecular weight is 675 g/mol. The van der Waals surface area contributed by atoms with Crippen molar-refractivity contribution in [1.29, 1.82) is 0 Å². The largest absolute Gasteiger partial charge is 0.491 e. The first-order valence-electron chi connectivity index (χ1n) is 15.1. The normalized spacial score (nSPS) is 15.0. The molecule has 0 bridgehead atoms. The Bertz CT molecular complexity index is 2210. The molecular weight excluding hydrogens is 641 g/mol. The van der Waals surface area contributed by atoms with Gasteiger partial charge >= 0.3 is 5.97 Å². The third-order valence-electron chi connectivity index (χ3n) is 7.99. The van der Waals surface area contributed by atoms with Gasteiger partial charge in [0, 0.05) is 44.3 Å². The van der Waals surface area contributed by atoms with Crippen molar-refractivity contribution >= 4 is 57.5 Å². The van der Waals surface area contributed by atoms with Crippen molar-refractivity contribution in [1.82, 2.24) is 9.13 Å². The highest BCUT2D eigenvalue weighted by Gasteiger charge is 2.35. The second-order valence-corrected chi connectivity index (χ2v) is 13.2. The summed E-state index contributed by atoms with van der Waals surface area (Å²) in [4.78, 5) is 33.1. The summed E-state index contributed by atoms with van der Waals surface area (Å²) in [5.74, 6) is 0.0792. The minimum atomic E-state index is -0.776. The molecule has 7 nitrogen and oxygen atoms in total. The summed E-state index contributed by atoms with van der Waals surface area (Å²) in [5, 5.41) is 2.18. The van der Waals surface area contributed by atoms with E-state index in [1.807, 2.05) is 75.4 Å². The molecule has 236 valence electrons. The van der Waals surface area contributed by atoms with Crippen LogP contribution in [0.5, 0.6) is 5.75 Å². The van der Waals surface area contributed by atoms with Crippen LogP contribution in [-0.2, 0) is 16.1 Å². The van der Waals surface area contributed by atoms with Gasteiger partial charge in [-0.25, -0.2) is 9.79 Å². The van der Waals surface area contributed by atoms with Crippen LogP contribution in [0.15, 0.2) is 87.8 Å². The van der Waals surface area contributed by atoms with Crippen molar-refractivity contribution in [2.75, 3.05) is 6.61 Å². The Labute approximate surface area is 280 Å².